The number of nitrogens with two attached hydrogens (primary N) is 2. The second-order valence-electron chi connectivity index (χ2n) is 7.16. The smallest absolute Gasteiger partial charge is 0.425 e. The number of hydrogen-bond acceptors (Lipinski definition) is 7. The number of ether oxygens (including phenoxy) is 2. The first-order chi connectivity index (χ1) is 12.8. The summed E-state index contributed by atoms with van der Waals surface area (Å²) in [4.78, 5) is 38.2. The van der Waals surface area contributed by atoms with E-state index in [1.807, 2.05) is 13.8 Å². The Bertz CT molecular complexity index is 576. The second-order valence-corrected chi connectivity index (χ2v) is 7.16. The van der Waals surface area contributed by atoms with Gasteiger partial charge in [-0.2, -0.15) is 4.90 Å². The van der Waals surface area contributed by atoms with E-state index in [1.165, 1.54) is 12.3 Å². The molecule has 1 aromatic heterocycles. The summed E-state index contributed by atoms with van der Waals surface area (Å²) >= 11 is 0. The van der Waals surface area contributed by atoms with E-state index in [0.29, 0.717) is 6.54 Å². The van der Waals surface area contributed by atoms with Gasteiger partial charge >= 0.3 is 12.2 Å². The summed E-state index contributed by atoms with van der Waals surface area (Å²) in [5.74, 6) is 0.116. The third-order valence-electron chi connectivity index (χ3n) is 2.43. The van der Waals surface area contributed by atoms with Crippen LogP contribution in [-0.4, -0.2) is 34.8 Å². The molecule has 0 saturated heterocycles. The monoisotopic (exact) mass is 398 g/mol. The Morgan fingerprint density at radius 1 is 1.04 bits per heavy atom. The molecule has 0 aliphatic heterocycles. The predicted molar refractivity (Wildman–Crippen MR) is 109 cm³/mol. The molecule has 3 amide bonds. The van der Waals surface area contributed by atoms with Crippen LogP contribution >= 0.6 is 0 Å². The lowest BCUT2D eigenvalue weighted by molar-refractivity contribution is -0.106. The highest BCUT2D eigenvalue weighted by Gasteiger charge is 2.33. The van der Waals surface area contributed by atoms with E-state index in [1.54, 1.807) is 47.6 Å². The van der Waals surface area contributed by atoms with Crippen molar-refractivity contribution in [1.82, 2.24) is 4.98 Å². The maximum Gasteiger partial charge on any atom is 0.425 e. The van der Waals surface area contributed by atoms with Crippen molar-refractivity contribution in [1.29, 1.82) is 0 Å². The van der Waals surface area contributed by atoms with Crippen LogP contribution in [0.25, 0.3) is 0 Å². The van der Waals surface area contributed by atoms with Crippen LogP contribution in [0, 0.1) is 0 Å². The van der Waals surface area contributed by atoms with E-state index in [0.717, 1.165) is 10.5 Å². The third-order valence-corrected chi connectivity index (χ3v) is 2.43. The minimum absolute atomic E-state index is 0.116. The molecule has 9 heteroatoms. The Morgan fingerprint density at radius 2 is 1.43 bits per heavy atom. The molecule has 4 N–H and O–H groups in total. The molecule has 0 radical (unpaired) electrons. The number of amides is 3. The standard InChI is InChI=1S/C16H25N3O4.C2H6.CH3NO/c1-15(2,3)22-13(20)19(14(21)23-16(4,5)6)12-8-7-11(9-17)10-18-12;1-2;2-1-3/h7-8,10H,9,17H2,1-6H3;1-2H3;1H,(H2,2,3). The number of rotatable bonds is 2. The average Bonchev–Trinajstić information content (AvgIpc) is 2.55. The first-order valence-corrected chi connectivity index (χ1v) is 8.91. The predicted octanol–water partition coefficient (Wildman–Crippen LogP) is 3.34. The maximum absolute atomic E-state index is 12.4. The van der Waals surface area contributed by atoms with Crippen molar-refractivity contribution >= 4 is 24.4 Å². The van der Waals surface area contributed by atoms with Crippen molar-refractivity contribution in [3.63, 3.8) is 0 Å². The molecule has 0 atom stereocenters. The van der Waals surface area contributed by atoms with Crippen molar-refractivity contribution < 1.29 is 23.9 Å². The lowest BCUT2D eigenvalue weighted by atomic mass is 10.2. The molecule has 0 bridgehead atoms. The van der Waals surface area contributed by atoms with E-state index >= 15 is 0 Å². The van der Waals surface area contributed by atoms with Gasteiger partial charge in [0, 0.05) is 12.7 Å². The fourth-order valence-electron chi connectivity index (χ4n) is 1.55. The molecular formula is C19H34N4O5. The van der Waals surface area contributed by atoms with Crippen molar-refractivity contribution in [2.45, 2.75) is 73.1 Å². The van der Waals surface area contributed by atoms with E-state index < -0.39 is 23.4 Å². The van der Waals surface area contributed by atoms with Gasteiger partial charge in [0.2, 0.25) is 6.41 Å². The molecule has 9 nitrogen and oxygen atoms in total. The second kappa shape index (κ2) is 12.7. The quantitative estimate of drug-likeness (QED) is 0.728. The van der Waals surface area contributed by atoms with Gasteiger partial charge in [-0.25, -0.2) is 14.6 Å². The van der Waals surface area contributed by atoms with Gasteiger partial charge < -0.3 is 20.9 Å². The highest BCUT2D eigenvalue weighted by molar-refractivity contribution is 6.08. The van der Waals surface area contributed by atoms with Crippen molar-refractivity contribution in [3.8, 4) is 0 Å². The van der Waals surface area contributed by atoms with Crippen LogP contribution in [0.4, 0.5) is 15.4 Å². The summed E-state index contributed by atoms with van der Waals surface area (Å²) in [7, 11) is 0. The van der Waals surface area contributed by atoms with Gasteiger partial charge in [-0.1, -0.05) is 19.9 Å². The zero-order chi connectivity index (χ0) is 22.5. The van der Waals surface area contributed by atoms with Crippen molar-refractivity contribution in [3.05, 3.63) is 23.9 Å². The van der Waals surface area contributed by atoms with E-state index in [9.17, 15) is 9.59 Å². The van der Waals surface area contributed by atoms with Crippen LogP contribution in [0.15, 0.2) is 18.3 Å². The summed E-state index contributed by atoms with van der Waals surface area (Å²) in [6.45, 7) is 14.6. The lowest BCUT2D eigenvalue weighted by Gasteiger charge is -2.28. The number of primary amides is 1. The van der Waals surface area contributed by atoms with Crippen LogP contribution in [0.2, 0.25) is 0 Å². The lowest BCUT2D eigenvalue weighted by Crippen LogP contribution is -2.44. The fraction of sp³-hybridized carbons (Fsp3) is 0.579. The van der Waals surface area contributed by atoms with E-state index in [4.69, 9.17) is 20.0 Å². The molecule has 0 unspecified atom stereocenters. The van der Waals surface area contributed by atoms with E-state index in [2.05, 4.69) is 10.7 Å². The molecule has 0 saturated carbocycles. The average molecular weight is 399 g/mol. The highest BCUT2D eigenvalue weighted by Crippen LogP contribution is 2.20. The Morgan fingerprint density at radius 3 is 1.68 bits per heavy atom. The molecule has 28 heavy (non-hydrogen) atoms. The number of aromatic nitrogens is 1. The largest absolute Gasteiger partial charge is 0.443 e. The Kier molecular flexibility index (Phi) is 12.5. The first kappa shape index (κ1) is 27.5. The molecule has 0 fully saturated rings. The molecule has 0 aliphatic carbocycles. The van der Waals surface area contributed by atoms with Gasteiger partial charge in [-0.05, 0) is 53.2 Å². The number of pyridine rings is 1. The number of nitrogens with zero attached hydrogens (tertiary/aromatic N) is 2. The van der Waals surface area contributed by atoms with Crippen molar-refractivity contribution in [2.75, 3.05) is 4.90 Å². The summed E-state index contributed by atoms with van der Waals surface area (Å²) in [5, 5.41) is 0. The number of hydrogen-bond donors (Lipinski definition) is 2. The zero-order valence-corrected chi connectivity index (χ0v) is 18.1. The highest BCUT2D eigenvalue weighted by atomic mass is 16.6. The van der Waals surface area contributed by atoms with Crippen LogP contribution < -0.4 is 16.4 Å². The maximum atomic E-state index is 12.4. The third kappa shape index (κ3) is 11.8. The summed E-state index contributed by atoms with van der Waals surface area (Å²) < 4.78 is 10.5. The Labute approximate surface area is 167 Å². The summed E-state index contributed by atoms with van der Waals surface area (Å²) in [6, 6.07) is 3.21. The molecule has 1 heterocycles. The normalized spacial score (nSPS) is 10.3. The van der Waals surface area contributed by atoms with Crippen LogP contribution in [0.3, 0.4) is 0 Å². The number of carbonyl (C=O) groups is 3. The molecule has 1 aromatic rings. The first-order valence-electron chi connectivity index (χ1n) is 8.91. The van der Waals surface area contributed by atoms with Crippen LogP contribution in [0.1, 0.15) is 61.0 Å². The van der Waals surface area contributed by atoms with Crippen LogP contribution in [-0.2, 0) is 20.8 Å². The van der Waals surface area contributed by atoms with Gasteiger partial charge in [-0.15, -0.1) is 0 Å². The van der Waals surface area contributed by atoms with E-state index in [-0.39, 0.29) is 12.2 Å². The SMILES string of the molecule is CC.CC(C)(C)OC(=O)N(C(=O)OC(C)(C)C)c1ccc(CN)cn1.NC=O. The topological polar surface area (TPSA) is 138 Å². The zero-order valence-electron chi connectivity index (χ0n) is 18.1. The van der Waals surface area contributed by atoms with Gasteiger partial charge in [0.05, 0.1) is 0 Å². The molecule has 0 spiro atoms. The van der Waals surface area contributed by atoms with Crippen molar-refractivity contribution in [2.24, 2.45) is 11.5 Å². The Balaban J connectivity index is 0. The van der Waals surface area contributed by atoms with Gasteiger partial charge in [0.1, 0.15) is 17.0 Å². The van der Waals surface area contributed by atoms with Crippen LogP contribution in [0.5, 0.6) is 0 Å². The number of anilines is 1. The molecule has 0 aliphatic rings. The minimum atomic E-state index is -0.847. The summed E-state index contributed by atoms with van der Waals surface area (Å²) in [5.41, 5.74) is 8.96. The number of imide groups is 1. The molecule has 0 aromatic carbocycles. The molecule has 160 valence electrons. The fourth-order valence-corrected chi connectivity index (χ4v) is 1.55. The van der Waals surface area contributed by atoms with Gasteiger partial charge in [0.25, 0.3) is 0 Å². The van der Waals surface area contributed by atoms with Gasteiger partial charge in [-0.3, -0.25) is 4.79 Å². The molecule has 1 rings (SSSR count). The summed E-state index contributed by atoms with van der Waals surface area (Å²) in [6.07, 6.45) is 0.0522. The molecular weight excluding hydrogens is 364 g/mol. The number of carbonyl (C=O) groups excluding carboxylic acids is 3. The Hall–Kier alpha value is -2.68. The minimum Gasteiger partial charge on any atom is -0.443 e. The van der Waals surface area contributed by atoms with Gasteiger partial charge in [0.15, 0.2) is 0 Å².